The highest BCUT2D eigenvalue weighted by Gasteiger charge is 2.53. The Morgan fingerprint density at radius 2 is 2.06 bits per heavy atom. The molecule has 2 radical (unpaired) electrons. The molecule has 1 N–H and O–H groups in total. The number of aromatic nitrogens is 1. The largest absolute Gasteiger partial charge is 0.457 e. The summed E-state index contributed by atoms with van der Waals surface area (Å²) < 4.78 is 5.43. The fraction of sp³-hybridized carbons (Fsp3) is 0.654. The van der Waals surface area contributed by atoms with E-state index < -0.39 is 11.7 Å². The van der Waals surface area contributed by atoms with E-state index in [4.69, 9.17) is 16.3 Å². The van der Waals surface area contributed by atoms with E-state index in [1.807, 2.05) is 19.1 Å². The van der Waals surface area contributed by atoms with Crippen molar-refractivity contribution in [1.82, 2.24) is 9.88 Å². The van der Waals surface area contributed by atoms with Gasteiger partial charge in [-0.2, -0.15) is 0 Å². The highest BCUT2D eigenvalue weighted by molar-refractivity contribution is 6.30. The molecule has 7 heteroatoms. The van der Waals surface area contributed by atoms with Crippen LogP contribution in [0, 0.1) is 30.1 Å². The van der Waals surface area contributed by atoms with E-state index in [0.717, 1.165) is 57.0 Å². The number of anilines is 1. The van der Waals surface area contributed by atoms with Crippen LogP contribution >= 0.6 is 11.6 Å². The van der Waals surface area contributed by atoms with Crippen molar-refractivity contribution >= 4 is 23.4 Å². The highest BCUT2D eigenvalue weighted by atomic mass is 35.5. The minimum Gasteiger partial charge on any atom is -0.457 e. The van der Waals surface area contributed by atoms with Gasteiger partial charge in [-0.1, -0.05) is 31.5 Å². The Bertz CT molecular complexity index is 868. The smallest absolute Gasteiger partial charge is 0.303 e. The third-order valence-corrected chi connectivity index (χ3v) is 8.06. The third-order valence-electron chi connectivity index (χ3n) is 7.84. The van der Waals surface area contributed by atoms with Gasteiger partial charge in [-0.3, -0.25) is 9.69 Å². The van der Waals surface area contributed by atoms with E-state index in [0.29, 0.717) is 16.9 Å². The maximum absolute atomic E-state index is 11.7. The van der Waals surface area contributed by atoms with E-state index in [-0.39, 0.29) is 17.8 Å². The number of halogens is 1. The van der Waals surface area contributed by atoms with Crippen LogP contribution in [0.2, 0.25) is 5.02 Å². The molecule has 6 atom stereocenters. The van der Waals surface area contributed by atoms with Crippen molar-refractivity contribution in [2.45, 2.75) is 52.2 Å². The number of carbonyl (C=O) groups is 1. The van der Waals surface area contributed by atoms with Crippen molar-refractivity contribution in [2.75, 3.05) is 37.6 Å². The normalized spacial score (nSPS) is 33.8. The number of pyridine rings is 1. The number of hydrogen-bond acceptors (Lipinski definition) is 6. The monoisotopic (exact) mass is 473 g/mol. The van der Waals surface area contributed by atoms with E-state index in [1.54, 1.807) is 6.20 Å². The van der Waals surface area contributed by atoms with Crippen LogP contribution in [0.3, 0.4) is 0 Å². The zero-order valence-corrected chi connectivity index (χ0v) is 20.9. The first-order chi connectivity index (χ1) is 15.7. The lowest BCUT2D eigenvalue weighted by molar-refractivity contribution is -0.148. The molecule has 1 saturated heterocycles. The maximum atomic E-state index is 11.7. The summed E-state index contributed by atoms with van der Waals surface area (Å²) in [4.78, 5) is 20.8. The number of carbonyl (C=O) groups excluding carboxylic acids is 1. The molecule has 6 nitrogen and oxygen atoms in total. The van der Waals surface area contributed by atoms with Gasteiger partial charge in [0.15, 0.2) is 0 Å². The average Bonchev–Trinajstić information content (AvgIpc) is 2.77. The summed E-state index contributed by atoms with van der Waals surface area (Å²) in [7, 11) is 0. The van der Waals surface area contributed by atoms with Gasteiger partial charge in [-0.05, 0) is 55.2 Å². The summed E-state index contributed by atoms with van der Waals surface area (Å²) in [6.07, 6.45) is 8.63. The van der Waals surface area contributed by atoms with Crippen LogP contribution in [0.25, 0.3) is 0 Å². The minimum atomic E-state index is -1.06. The topological polar surface area (TPSA) is 65.9 Å². The van der Waals surface area contributed by atoms with E-state index >= 15 is 0 Å². The summed E-state index contributed by atoms with van der Waals surface area (Å²) in [5.41, 5.74) is -0.0919. The molecule has 33 heavy (non-hydrogen) atoms. The predicted octanol–water partition coefficient (Wildman–Crippen LogP) is 3.86. The van der Waals surface area contributed by atoms with Gasteiger partial charge >= 0.3 is 5.97 Å². The van der Waals surface area contributed by atoms with Gasteiger partial charge in [0.25, 0.3) is 0 Å². The number of fused-ring (bicyclic) bond motifs is 1. The number of aliphatic hydroxyl groups is 1. The molecule has 4 rings (SSSR count). The minimum absolute atomic E-state index is 0.00242. The number of esters is 1. The number of nitrogens with zero attached hydrogens (tertiary/aromatic N) is 3. The lowest BCUT2D eigenvalue weighted by Gasteiger charge is -2.53. The fourth-order valence-electron chi connectivity index (χ4n) is 5.86. The number of piperazine rings is 1. The quantitative estimate of drug-likeness (QED) is 0.517. The molecular formula is C26H36ClN3O3. The summed E-state index contributed by atoms with van der Waals surface area (Å²) in [5, 5.41) is 12.3. The van der Waals surface area contributed by atoms with Crippen LogP contribution in [0.1, 0.15) is 40.5 Å². The van der Waals surface area contributed by atoms with Gasteiger partial charge in [-0.25, -0.2) is 4.98 Å². The van der Waals surface area contributed by atoms with Crippen molar-refractivity contribution in [1.29, 1.82) is 0 Å². The molecule has 0 unspecified atom stereocenters. The standard InChI is InChI=1S/C26H36ClN3O3/c1-17-13-23-22(7-5-19(3)26(23,32)14-24(17)33-20(4)31)18(2)16-29-9-11-30(12-10-29)25-8-6-21(27)15-28-25/h6,8,13,15,18-19,22-24,32H,5,7,9-12,16H2,1-4H3/t18-,19-,22+,23-,24-,26-/m1/s1. The summed E-state index contributed by atoms with van der Waals surface area (Å²) >= 11 is 5.97. The van der Waals surface area contributed by atoms with Crippen LogP contribution < -0.4 is 4.90 Å². The molecule has 180 valence electrons. The lowest BCUT2D eigenvalue weighted by atomic mass is 9.57. The molecule has 2 heterocycles. The molecule has 0 bridgehead atoms. The van der Waals surface area contributed by atoms with Crippen molar-refractivity contribution in [2.24, 2.45) is 23.7 Å². The fourth-order valence-corrected chi connectivity index (χ4v) is 5.98. The van der Waals surface area contributed by atoms with E-state index in [1.165, 1.54) is 6.92 Å². The Hall–Kier alpha value is -1.63. The molecule has 1 aromatic heterocycles. The Morgan fingerprint density at radius 1 is 1.33 bits per heavy atom. The molecule has 0 spiro atoms. The van der Waals surface area contributed by atoms with E-state index in [2.05, 4.69) is 41.1 Å². The molecule has 1 aliphatic heterocycles. The molecule has 0 aromatic carbocycles. The van der Waals surface area contributed by atoms with Crippen LogP contribution in [-0.2, 0) is 9.53 Å². The third kappa shape index (κ3) is 5.23. The average molecular weight is 474 g/mol. The Balaban J connectivity index is 1.40. The van der Waals surface area contributed by atoms with Gasteiger partial charge in [-0.15, -0.1) is 0 Å². The first-order valence-electron chi connectivity index (χ1n) is 12.1. The van der Waals surface area contributed by atoms with Gasteiger partial charge in [0, 0.05) is 51.8 Å². The van der Waals surface area contributed by atoms with Gasteiger partial charge in [0.1, 0.15) is 11.9 Å². The summed E-state index contributed by atoms with van der Waals surface area (Å²) in [6, 6.07) is 3.88. The van der Waals surface area contributed by atoms with Gasteiger partial charge in [0.05, 0.1) is 17.0 Å². The Morgan fingerprint density at radius 3 is 2.70 bits per heavy atom. The second-order valence-corrected chi connectivity index (χ2v) is 10.6. The predicted molar refractivity (Wildman–Crippen MR) is 130 cm³/mol. The highest BCUT2D eigenvalue weighted by Crippen LogP contribution is 2.50. The first kappa shape index (κ1) is 24.5. The van der Waals surface area contributed by atoms with E-state index in [9.17, 15) is 9.90 Å². The van der Waals surface area contributed by atoms with Crippen molar-refractivity contribution in [3.05, 3.63) is 41.4 Å². The molecule has 1 saturated carbocycles. The Kier molecular flexibility index (Phi) is 7.37. The van der Waals surface area contributed by atoms with Crippen LogP contribution in [0.4, 0.5) is 5.82 Å². The lowest BCUT2D eigenvalue weighted by Crippen LogP contribution is -2.57. The van der Waals surface area contributed by atoms with Crippen LogP contribution in [-0.4, -0.2) is 65.4 Å². The molecule has 2 fully saturated rings. The number of hydrogen-bond donors (Lipinski definition) is 1. The van der Waals surface area contributed by atoms with Gasteiger partial charge < -0.3 is 14.7 Å². The maximum Gasteiger partial charge on any atom is 0.303 e. The zero-order chi connectivity index (χ0) is 23.8. The Labute approximate surface area is 202 Å². The van der Waals surface area contributed by atoms with Crippen LogP contribution in [0.5, 0.6) is 0 Å². The molecule has 2 aliphatic carbocycles. The molecule has 3 aliphatic rings. The van der Waals surface area contributed by atoms with Gasteiger partial charge in [0.2, 0.25) is 0 Å². The number of ether oxygens (including phenoxy) is 1. The van der Waals surface area contributed by atoms with Crippen molar-refractivity contribution in [3.8, 4) is 0 Å². The summed E-state index contributed by atoms with van der Waals surface area (Å²) in [6.45, 7) is 12.7. The number of rotatable bonds is 5. The second-order valence-electron chi connectivity index (χ2n) is 10.1. The second kappa shape index (κ2) is 9.93. The SMILES string of the molecule is CC(=O)O[C@@H]1[C][C@@]2(O)[C@H](C)CC[C@@H]([C@H](C)CN3CCN(c4ccc(Cl)cn4)CC3)[C@H]2C=C1C. The van der Waals surface area contributed by atoms with Crippen molar-refractivity contribution < 1.29 is 14.6 Å². The molecular weight excluding hydrogens is 438 g/mol. The molecule has 0 amide bonds. The first-order valence-corrected chi connectivity index (χ1v) is 12.5. The van der Waals surface area contributed by atoms with Crippen LogP contribution in [0.15, 0.2) is 30.0 Å². The summed E-state index contributed by atoms with van der Waals surface area (Å²) in [5.74, 6) is 1.53. The van der Waals surface area contributed by atoms with Crippen molar-refractivity contribution in [3.63, 3.8) is 0 Å². The zero-order valence-electron chi connectivity index (χ0n) is 20.1. The molecule has 1 aromatic rings.